The Hall–Kier alpha value is -2.98. The van der Waals surface area contributed by atoms with Crippen LogP contribution in [0.5, 0.6) is 5.75 Å². The second-order valence-electron chi connectivity index (χ2n) is 7.02. The van der Waals surface area contributed by atoms with Crippen molar-refractivity contribution in [3.8, 4) is 5.75 Å². The van der Waals surface area contributed by atoms with Crippen LogP contribution in [0.3, 0.4) is 0 Å². The van der Waals surface area contributed by atoms with Gasteiger partial charge in [-0.2, -0.15) is 0 Å². The van der Waals surface area contributed by atoms with E-state index in [0.717, 1.165) is 35.5 Å². The second-order valence-corrected chi connectivity index (χ2v) is 7.45. The van der Waals surface area contributed by atoms with E-state index in [0.29, 0.717) is 17.2 Å². The van der Waals surface area contributed by atoms with Gasteiger partial charge in [-0.3, -0.25) is 9.69 Å². The van der Waals surface area contributed by atoms with Crippen molar-refractivity contribution in [3.05, 3.63) is 88.9 Å². The van der Waals surface area contributed by atoms with E-state index in [2.05, 4.69) is 12.2 Å². The molecule has 0 unspecified atom stereocenters. The van der Waals surface area contributed by atoms with Crippen LogP contribution in [0.2, 0.25) is 5.02 Å². The smallest absolute Gasteiger partial charge is 0.262 e. The number of carbonyl (C=O) groups is 1. The topological polar surface area (TPSA) is 41.6 Å². The molecule has 1 N–H and O–H groups in total. The number of carbonyl (C=O) groups excluding carboxylic acids is 1. The average molecular weight is 407 g/mol. The van der Waals surface area contributed by atoms with Crippen molar-refractivity contribution in [2.24, 2.45) is 0 Å². The molecule has 1 heterocycles. The SMILES string of the molecule is CCCCOc1ccc([C@H]2Nc3ccccc3C(=O)N2c2ccc(Cl)cc2)cc1. The Morgan fingerprint density at radius 1 is 1.00 bits per heavy atom. The molecular formula is C24H23ClN2O2. The number of fused-ring (bicyclic) bond motifs is 1. The minimum absolute atomic E-state index is 0.0463. The fraction of sp³-hybridized carbons (Fsp3) is 0.208. The van der Waals surface area contributed by atoms with Crippen molar-refractivity contribution < 1.29 is 9.53 Å². The molecule has 0 saturated carbocycles. The van der Waals surface area contributed by atoms with Crippen molar-refractivity contribution in [1.29, 1.82) is 0 Å². The summed E-state index contributed by atoms with van der Waals surface area (Å²) in [6.45, 7) is 2.85. The van der Waals surface area contributed by atoms with Crippen LogP contribution in [0.25, 0.3) is 0 Å². The molecule has 4 rings (SSSR count). The van der Waals surface area contributed by atoms with Gasteiger partial charge in [-0.1, -0.05) is 49.2 Å². The molecule has 1 aliphatic heterocycles. The number of anilines is 2. The highest BCUT2D eigenvalue weighted by atomic mass is 35.5. The quantitative estimate of drug-likeness (QED) is 0.489. The summed E-state index contributed by atoms with van der Waals surface area (Å²) in [5, 5.41) is 4.15. The first-order chi connectivity index (χ1) is 14.2. The summed E-state index contributed by atoms with van der Waals surface area (Å²) in [6, 6.07) is 22.8. The Labute approximate surface area is 176 Å². The minimum atomic E-state index is -0.330. The third-order valence-electron chi connectivity index (χ3n) is 4.99. The second kappa shape index (κ2) is 8.58. The standard InChI is InChI=1S/C24H23ClN2O2/c1-2-3-16-29-20-14-8-17(9-15-20)23-26-22-7-5-4-6-21(22)24(28)27(23)19-12-10-18(25)11-13-19/h4-15,23,26H,2-3,16H2,1H3/t23-/m0/s1. The maximum atomic E-state index is 13.4. The number of para-hydroxylation sites is 1. The Morgan fingerprint density at radius 2 is 1.72 bits per heavy atom. The van der Waals surface area contributed by atoms with Crippen LogP contribution < -0.4 is 15.0 Å². The van der Waals surface area contributed by atoms with Crippen LogP contribution in [0.4, 0.5) is 11.4 Å². The molecule has 148 valence electrons. The first-order valence-corrected chi connectivity index (χ1v) is 10.2. The lowest BCUT2D eigenvalue weighted by atomic mass is 10.0. The molecule has 29 heavy (non-hydrogen) atoms. The number of unbranched alkanes of at least 4 members (excludes halogenated alkanes) is 1. The van der Waals surface area contributed by atoms with Gasteiger partial charge >= 0.3 is 0 Å². The van der Waals surface area contributed by atoms with Gasteiger partial charge in [0.15, 0.2) is 0 Å². The van der Waals surface area contributed by atoms with Gasteiger partial charge in [-0.25, -0.2) is 0 Å². The number of amides is 1. The first-order valence-electron chi connectivity index (χ1n) is 9.85. The fourth-order valence-corrected chi connectivity index (χ4v) is 3.56. The van der Waals surface area contributed by atoms with Crippen LogP contribution >= 0.6 is 11.6 Å². The van der Waals surface area contributed by atoms with Crippen molar-refractivity contribution in [1.82, 2.24) is 0 Å². The van der Waals surface area contributed by atoms with Gasteiger partial charge in [-0.05, 0) is 60.5 Å². The summed E-state index contributed by atoms with van der Waals surface area (Å²) in [6.07, 6.45) is 1.80. The van der Waals surface area contributed by atoms with Crippen LogP contribution in [0, 0.1) is 0 Å². The lowest BCUT2D eigenvalue weighted by Crippen LogP contribution is -2.43. The van der Waals surface area contributed by atoms with E-state index in [4.69, 9.17) is 16.3 Å². The molecule has 0 aromatic heterocycles. The zero-order valence-electron chi connectivity index (χ0n) is 16.3. The van der Waals surface area contributed by atoms with E-state index in [9.17, 15) is 4.79 Å². The third kappa shape index (κ3) is 4.08. The Kier molecular flexibility index (Phi) is 5.72. The molecule has 0 radical (unpaired) electrons. The number of nitrogens with zero attached hydrogens (tertiary/aromatic N) is 1. The summed E-state index contributed by atoms with van der Waals surface area (Å²) >= 11 is 6.06. The fourth-order valence-electron chi connectivity index (χ4n) is 3.44. The number of benzene rings is 3. The molecule has 1 aliphatic rings. The highest BCUT2D eigenvalue weighted by Crippen LogP contribution is 2.37. The lowest BCUT2D eigenvalue weighted by molar-refractivity contribution is 0.0975. The van der Waals surface area contributed by atoms with Gasteiger partial charge in [0, 0.05) is 16.4 Å². The van der Waals surface area contributed by atoms with E-state index < -0.39 is 0 Å². The molecule has 0 bridgehead atoms. The van der Waals surface area contributed by atoms with Crippen LogP contribution in [0.1, 0.15) is 41.9 Å². The summed E-state index contributed by atoms with van der Waals surface area (Å²) in [4.78, 5) is 15.1. The van der Waals surface area contributed by atoms with E-state index in [1.54, 1.807) is 17.0 Å². The molecule has 3 aromatic rings. The lowest BCUT2D eigenvalue weighted by Gasteiger charge is -2.38. The maximum absolute atomic E-state index is 13.4. The van der Waals surface area contributed by atoms with Gasteiger partial charge in [0.2, 0.25) is 0 Å². The van der Waals surface area contributed by atoms with Gasteiger partial charge in [0.05, 0.1) is 12.2 Å². The van der Waals surface area contributed by atoms with Crippen LogP contribution in [-0.2, 0) is 0 Å². The zero-order valence-corrected chi connectivity index (χ0v) is 17.0. The minimum Gasteiger partial charge on any atom is -0.494 e. The summed E-state index contributed by atoms with van der Waals surface area (Å²) in [5.74, 6) is 0.790. The van der Waals surface area contributed by atoms with Crippen molar-refractivity contribution >= 4 is 28.9 Å². The molecule has 5 heteroatoms. The van der Waals surface area contributed by atoms with E-state index in [1.165, 1.54) is 0 Å². The number of hydrogen-bond donors (Lipinski definition) is 1. The summed E-state index contributed by atoms with van der Waals surface area (Å²) < 4.78 is 5.78. The number of ether oxygens (including phenoxy) is 1. The number of rotatable bonds is 6. The van der Waals surface area contributed by atoms with Gasteiger partial charge in [-0.15, -0.1) is 0 Å². The van der Waals surface area contributed by atoms with Crippen LogP contribution in [0.15, 0.2) is 72.8 Å². The largest absolute Gasteiger partial charge is 0.494 e. The van der Waals surface area contributed by atoms with Crippen molar-refractivity contribution in [2.75, 3.05) is 16.8 Å². The van der Waals surface area contributed by atoms with Crippen LogP contribution in [-0.4, -0.2) is 12.5 Å². The Bertz CT molecular complexity index is 987. The normalized spacial score (nSPS) is 15.6. The number of halogens is 1. The first kappa shape index (κ1) is 19.3. The van der Waals surface area contributed by atoms with Crippen molar-refractivity contribution in [3.63, 3.8) is 0 Å². The maximum Gasteiger partial charge on any atom is 0.262 e. The molecular weight excluding hydrogens is 384 g/mol. The van der Waals surface area contributed by atoms with Gasteiger partial charge in [0.25, 0.3) is 5.91 Å². The van der Waals surface area contributed by atoms with E-state index in [1.807, 2.05) is 60.7 Å². The molecule has 0 spiro atoms. The Balaban J connectivity index is 1.69. The monoisotopic (exact) mass is 406 g/mol. The highest BCUT2D eigenvalue weighted by molar-refractivity contribution is 6.30. The third-order valence-corrected chi connectivity index (χ3v) is 5.25. The van der Waals surface area contributed by atoms with E-state index in [-0.39, 0.29) is 12.1 Å². The molecule has 3 aromatic carbocycles. The molecule has 0 aliphatic carbocycles. The molecule has 4 nitrogen and oxygen atoms in total. The predicted octanol–water partition coefficient (Wildman–Crippen LogP) is 6.29. The summed E-state index contributed by atoms with van der Waals surface area (Å²) in [7, 11) is 0. The highest BCUT2D eigenvalue weighted by Gasteiger charge is 2.33. The molecule has 0 saturated heterocycles. The predicted molar refractivity (Wildman–Crippen MR) is 118 cm³/mol. The molecule has 1 atom stereocenters. The van der Waals surface area contributed by atoms with E-state index >= 15 is 0 Å². The van der Waals surface area contributed by atoms with Crippen molar-refractivity contribution in [2.45, 2.75) is 25.9 Å². The summed E-state index contributed by atoms with van der Waals surface area (Å²) in [5.41, 5.74) is 3.24. The zero-order chi connectivity index (χ0) is 20.2. The number of nitrogens with one attached hydrogen (secondary N) is 1. The molecule has 1 amide bonds. The molecule has 0 fully saturated rings. The van der Waals surface area contributed by atoms with Gasteiger partial charge in [0.1, 0.15) is 11.9 Å². The number of hydrogen-bond acceptors (Lipinski definition) is 3. The Morgan fingerprint density at radius 3 is 2.45 bits per heavy atom. The average Bonchev–Trinajstić information content (AvgIpc) is 2.75. The van der Waals surface area contributed by atoms with Gasteiger partial charge < -0.3 is 10.1 Å².